The molecule has 6 atom stereocenters. The standard InChI is InChI=1S/C11H18N5O15P3/c1-10(20)7(18)11(4-13-15-12,29-8(10)16-3-2-6(17)14-9(16)19)5-28-33(24,25)31-34(26,27)30-32(21,22)23/h2-3,7-8,18,20H,4-5H2,1H3,(H,24,25)(H,26,27)(H,14,17,19)(H2,21,22,23)/t7-,8?,10+,11+/m0/s1. The molecule has 192 valence electrons. The largest absolute Gasteiger partial charge is 0.490 e. The van der Waals surface area contributed by atoms with Gasteiger partial charge in [-0.15, -0.1) is 0 Å². The van der Waals surface area contributed by atoms with Crippen molar-refractivity contribution in [2.45, 2.75) is 30.5 Å². The minimum atomic E-state index is -5.87. The molecule has 0 saturated carbocycles. The summed E-state index contributed by atoms with van der Waals surface area (Å²) in [4.78, 5) is 63.7. The van der Waals surface area contributed by atoms with Crippen LogP contribution in [0.2, 0.25) is 0 Å². The van der Waals surface area contributed by atoms with Crippen LogP contribution in [-0.2, 0) is 31.6 Å². The Hall–Kier alpha value is -1.72. The van der Waals surface area contributed by atoms with Crippen LogP contribution in [0.3, 0.4) is 0 Å². The molecule has 3 unspecified atom stereocenters. The lowest BCUT2D eigenvalue weighted by atomic mass is 9.88. The van der Waals surface area contributed by atoms with E-state index in [9.17, 15) is 43.3 Å². The number of nitrogens with zero attached hydrogens (tertiary/aromatic N) is 4. The Morgan fingerprint density at radius 3 is 2.38 bits per heavy atom. The molecule has 1 fully saturated rings. The number of hydrogen-bond acceptors (Lipinski definition) is 12. The molecule has 1 aromatic rings. The highest BCUT2D eigenvalue weighted by Gasteiger charge is 2.62. The number of hydrogen-bond donors (Lipinski definition) is 7. The molecule has 34 heavy (non-hydrogen) atoms. The summed E-state index contributed by atoms with van der Waals surface area (Å²) in [5, 5.41) is 24.6. The summed E-state index contributed by atoms with van der Waals surface area (Å²) in [6.07, 6.45) is -3.05. The first kappa shape index (κ1) is 28.5. The van der Waals surface area contributed by atoms with Crippen LogP contribution in [0, 0.1) is 0 Å². The first-order valence-corrected chi connectivity index (χ1v) is 13.1. The smallest absolute Gasteiger partial charge is 0.387 e. The summed E-state index contributed by atoms with van der Waals surface area (Å²) < 4.78 is 51.9. The van der Waals surface area contributed by atoms with E-state index in [1.165, 1.54) is 0 Å². The average Bonchev–Trinajstić information content (AvgIpc) is 2.83. The van der Waals surface area contributed by atoms with E-state index in [2.05, 4.69) is 23.2 Å². The lowest BCUT2D eigenvalue weighted by molar-refractivity contribution is -0.124. The average molecular weight is 553 g/mol. The van der Waals surface area contributed by atoms with Crippen molar-refractivity contribution in [1.29, 1.82) is 0 Å². The molecular weight excluding hydrogens is 535 g/mol. The number of phosphoric acid groups is 3. The van der Waals surface area contributed by atoms with Crippen LogP contribution in [0.15, 0.2) is 27.0 Å². The molecule has 2 heterocycles. The second-order valence-electron chi connectivity index (χ2n) is 6.93. The molecule has 0 radical (unpaired) electrons. The zero-order valence-electron chi connectivity index (χ0n) is 16.7. The van der Waals surface area contributed by atoms with Gasteiger partial charge in [0, 0.05) is 17.2 Å². The number of aromatic amines is 1. The normalized spacial score (nSPS) is 30.8. The van der Waals surface area contributed by atoms with E-state index < -0.39 is 71.4 Å². The lowest BCUT2D eigenvalue weighted by Gasteiger charge is -2.32. The molecule has 20 nitrogen and oxygen atoms in total. The van der Waals surface area contributed by atoms with Crippen molar-refractivity contribution < 1.29 is 61.4 Å². The number of aliphatic hydroxyl groups is 2. The van der Waals surface area contributed by atoms with Gasteiger partial charge in [0.15, 0.2) is 6.23 Å². The Morgan fingerprint density at radius 1 is 1.24 bits per heavy atom. The highest BCUT2D eigenvalue weighted by molar-refractivity contribution is 7.66. The minimum absolute atomic E-state index is 0.632. The maximum atomic E-state index is 12.1. The molecule has 1 aromatic heterocycles. The predicted octanol–water partition coefficient (Wildman–Crippen LogP) is -1.43. The van der Waals surface area contributed by atoms with Crippen molar-refractivity contribution in [2.24, 2.45) is 5.11 Å². The second kappa shape index (κ2) is 9.73. The van der Waals surface area contributed by atoms with Gasteiger partial charge in [-0.2, -0.15) is 8.62 Å². The quantitative estimate of drug-likeness (QED) is 0.0756. The van der Waals surface area contributed by atoms with Crippen molar-refractivity contribution in [3.05, 3.63) is 43.5 Å². The maximum Gasteiger partial charge on any atom is 0.490 e. The fourth-order valence-electron chi connectivity index (χ4n) is 2.95. The summed E-state index contributed by atoms with van der Waals surface area (Å²) >= 11 is 0. The van der Waals surface area contributed by atoms with Gasteiger partial charge < -0.3 is 34.5 Å². The van der Waals surface area contributed by atoms with Gasteiger partial charge in [-0.25, -0.2) is 18.5 Å². The molecule has 0 amide bonds. The highest BCUT2D eigenvalue weighted by atomic mass is 31.3. The van der Waals surface area contributed by atoms with Crippen molar-refractivity contribution in [2.75, 3.05) is 13.2 Å². The number of H-pyrrole nitrogens is 1. The van der Waals surface area contributed by atoms with E-state index in [0.29, 0.717) is 4.57 Å². The Balaban J connectivity index is 2.38. The van der Waals surface area contributed by atoms with Gasteiger partial charge in [-0.1, -0.05) is 5.11 Å². The van der Waals surface area contributed by atoms with Crippen molar-refractivity contribution in [3.8, 4) is 0 Å². The molecule has 0 spiro atoms. The van der Waals surface area contributed by atoms with E-state index in [1.807, 2.05) is 4.98 Å². The summed E-state index contributed by atoms with van der Waals surface area (Å²) in [7, 11) is -17.2. The van der Waals surface area contributed by atoms with E-state index in [1.54, 1.807) is 0 Å². The zero-order valence-corrected chi connectivity index (χ0v) is 19.4. The Morgan fingerprint density at radius 2 is 1.85 bits per heavy atom. The van der Waals surface area contributed by atoms with Crippen LogP contribution < -0.4 is 11.2 Å². The molecule has 0 aliphatic carbocycles. The third-order valence-corrected chi connectivity index (χ3v) is 8.07. The van der Waals surface area contributed by atoms with Crippen LogP contribution in [0.1, 0.15) is 13.2 Å². The number of nitrogens with one attached hydrogen (secondary N) is 1. The lowest BCUT2D eigenvalue weighted by Crippen LogP contribution is -2.53. The molecule has 23 heteroatoms. The molecule has 1 aliphatic rings. The van der Waals surface area contributed by atoms with Crippen LogP contribution in [0.5, 0.6) is 0 Å². The Kier molecular flexibility index (Phi) is 8.16. The monoisotopic (exact) mass is 553 g/mol. The number of azide groups is 1. The number of ether oxygens (including phenoxy) is 1. The summed E-state index contributed by atoms with van der Waals surface area (Å²) in [6.45, 7) is -1.27. The van der Waals surface area contributed by atoms with E-state index in [-0.39, 0.29) is 0 Å². The van der Waals surface area contributed by atoms with Gasteiger partial charge in [0.2, 0.25) is 0 Å². The van der Waals surface area contributed by atoms with Crippen molar-refractivity contribution in [3.63, 3.8) is 0 Å². The molecule has 0 bridgehead atoms. The molecule has 2 rings (SSSR count). The van der Waals surface area contributed by atoms with Gasteiger partial charge in [0.05, 0.1) is 13.2 Å². The van der Waals surface area contributed by atoms with Gasteiger partial charge in [0.25, 0.3) is 5.56 Å². The molecule has 1 saturated heterocycles. The SMILES string of the molecule is C[C@]1(O)C(n2ccc(=O)[nH]c2=O)O[C@](CN=[N+]=[N-])(COP(=O)(O)OP(=O)(O)OP(=O)(O)O)[C@H]1O. The highest BCUT2D eigenvalue weighted by Crippen LogP contribution is 2.66. The summed E-state index contributed by atoms with van der Waals surface area (Å²) in [5.74, 6) is 0. The molecule has 7 N–H and O–H groups in total. The number of rotatable bonds is 10. The van der Waals surface area contributed by atoms with Gasteiger partial charge in [0.1, 0.15) is 17.3 Å². The third kappa shape index (κ3) is 6.69. The minimum Gasteiger partial charge on any atom is -0.387 e. The first-order valence-electron chi connectivity index (χ1n) is 8.53. The van der Waals surface area contributed by atoms with E-state index in [4.69, 9.17) is 20.1 Å². The summed E-state index contributed by atoms with van der Waals surface area (Å²) in [5.41, 5.74) is 1.93. The fourth-order valence-corrected chi connectivity index (χ4v) is 6.03. The third-order valence-electron chi connectivity index (χ3n) is 4.29. The molecule has 1 aliphatic heterocycles. The predicted molar refractivity (Wildman–Crippen MR) is 105 cm³/mol. The van der Waals surface area contributed by atoms with Gasteiger partial charge in [-0.05, 0) is 12.5 Å². The Bertz CT molecular complexity index is 1230. The van der Waals surface area contributed by atoms with Crippen LogP contribution in [0.4, 0.5) is 0 Å². The summed E-state index contributed by atoms with van der Waals surface area (Å²) in [6, 6.07) is 0.868. The number of phosphoric ester groups is 1. The van der Waals surface area contributed by atoms with E-state index in [0.717, 1.165) is 19.2 Å². The Labute approximate surface area is 187 Å². The second-order valence-corrected chi connectivity index (χ2v) is 11.4. The van der Waals surface area contributed by atoms with Gasteiger partial charge in [-0.3, -0.25) is 18.9 Å². The number of aromatic nitrogens is 2. The first-order chi connectivity index (χ1) is 15.3. The topological polar surface area (TPSA) is 313 Å². The molecule has 0 aromatic carbocycles. The molecular formula is C11H18N5O15P3. The van der Waals surface area contributed by atoms with Gasteiger partial charge >= 0.3 is 29.2 Å². The van der Waals surface area contributed by atoms with Crippen LogP contribution in [-0.4, -0.2) is 69.8 Å². The van der Waals surface area contributed by atoms with Crippen LogP contribution >= 0.6 is 23.5 Å². The fraction of sp³-hybridized carbons (Fsp3) is 0.636. The maximum absolute atomic E-state index is 12.1. The van der Waals surface area contributed by atoms with Crippen molar-refractivity contribution >= 4 is 23.5 Å². The van der Waals surface area contributed by atoms with Crippen molar-refractivity contribution in [1.82, 2.24) is 9.55 Å². The van der Waals surface area contributed by atoms with Crippen LogP contribution in [0.25, 0.3) is 10.4 Å². The zero-order chi connectivity index (χ0) is 26.2. The number of aliphatic hydroxyl groups excluding tert-OH is 1. The van der Waals surface area contributed by atoms with E-state index >= 15 is 0 Å².